The molecule has 0 amide bonds. The molecule has 0 saturated carbocycles. The Morgan fingerprint density at radius 3 is 2.50 bits per heavy atom. The molecule has 1 aromatic heterocycles. The summed E-state index contributed by atoms with van der Waals surface area (Å²) < 4.78 is 2.99. The fourth-order valence-electron chi connectivity index (χ4n) is 3.30. The van der Waals surface area contributed by atoms with E-state index in [0.717, 1.165) is 37.2 Å². The van der Waals surface area contributed by atoms with Gasteiger partial charge in [-0.05, 0) is 35.2 Å². The second-order valence-corrected chi connectivity index (χ2v) is 7.91. The molecule has 0 radical (unpaired) electrons. The van der Waals surface area contributed by atoms with Crippen LogP contribution in [0.1, 0.15) is 10.6 Å². The van der Waals surface area contributed by atoms with E-state index >= 15 is 0 Å². The van der Waals surface area contributed by atoms with Gasteiger partial charge in [0.05, 0.1) is 0 Å². The Kier molecular flexibility index (Phi) is 4.84. The highest BCUT2D eigenvalue weighted by atomic mass is 32.1. The number of benzene rings is 3. The molecule has 1 heterocycles. The second kappa shape index (κ2) is 7.44. The predicted molar refractivity (Wildman–Crippen MR) is 117 cm³/mol. The standard InChI is InChI=1S/C23H20N2O2S/c1-24(2)18-11-7-16(8-12-18)9-14-21-25(15-22(26)27)20-13-10-17-5-3-4-6-19(17)23(20)28-21/h3-14H,15H2,1-2H3/p+1. The highest BCUT2D eigenvalue weighted by Crippen LogP contribution is 2.30. The van der Waals surface area contributed by atoms with Crippen molar-refractivity contribution in [3.05, 3.63) is 71.2 Å². The fourth-order valence-corrected chi connectivity index (χ4v) is 4.50. The number of rotatable bonds is 5. The molecule has 3 aromatic carbocycles. The van der Waals surface area contributed by atoms with Crippen molar-refractivity contribution >= 4 is 56.1 Å². The summed E-state index contributed by atoms with van der Waals surface area (Å²) in [5.74, 6) is -0.845. The number of nitrogens with zero attached hydrogens (tertiary/aromatic N) is 2. The topological polar surface area (TPSA) is 44.4 Å². The Bertz CT molecular complexity index is 1190. The van der Waals surface area contributed by atoms with Crippen LogP contribution in [-0.4, -0.2) is 25.2 Å². The van der Waals surface area contributed by atoms with Crippen LogP contribution in [0.3, 0.4) is 0 Å². The minimum absolute atomic E-state index is 0.0580. The molecule has 5 heteroatoms. The molecule has 4 rings (SSSR count). The first kappa shape index (κ1) is 18.2. The van der Waals surface area contributed by atoms with E-state index in [4.69, 9.17) is 0 Å². The molecule has 0 aliphatic heterocycles. The molecule has 0 fully saturated rings. The van der Waals surface area contributed by atoms with Crippen LogP contribution >= 0.6 is 11.3 Å². The average molecular weight is 390 g/mol. The zero-order chi connectivity index (χ0) is 19.7. The van der Waals surface area contributed by atoms with Gasteiger partial charge in [-0.25, -0.2) is 4.79 Å². The summed E-state index contributed by atoms with van der Waals surface area (Å²) in [7, 11) is 4.03. The van der Waals surface area contributed by atoms with E-state index in [9.17, 15) is 9.90 Å². The third-order valence-electron chi connectivity index (χ3n) is 4.74. The van der Waals surface area contributed by atoms with Gasteiger partial charge in [0.2, 0.25) is 12.1 Å². The third-order valence-corrected chi connectivity index (χ3v) is 5.94. The number of aromatic nitrogens is 1. The number of carboxylic acids is 1. The van der Waals surface area contributed by atoms with E-state index in [0.29, 0.717) is 0 Å². The predicted octanol–water partition coefficient (Wildman–Crippen LogP) is 4.66. The van der Waals surface area contributed by atoms with Crippen LogP contribution in [0.4, 0.5) is 5.69 Å². The Morgan fingerprint density at radius 1 is 1.04 bits per heavy atom. The fraction of sp³-hybridized carbons (Fsp3) is 0.130. The van der Waals surface area contributed by atoms with Gasteiger partial charge in [0, 0.05) is 37.3 Å². The molecule has 140 valence electrons. The lowest BCUT2D eigenvalue weighted by Gasteiger charge is -2.11. The van der Waals surface area contributed by atoms with Gasteiger partial charge in [-0.2, -0.15) is 4.57 Å². The molecule has 1 N–H and O–H groups in total. The number of hydrogen-bond acceptors (Lipinski definition) is 3. The maximum atomic E-state index is 11.5. The van der Waals surface area contributed by atoms with Crippen molar-refractivity contribution in [3.63, 3.8) is 0 Å². The monoisotopic (exact) mass is 389 g/mol. The van der Waals surface area contributed by atoms with E-state index < -0.39 is 5.97 Å². The molecule has 0 bridgehead atoms. The van der Waals surface area contributed by atoms with Crippen molar-refractivity contribution < 1.29 is 14.5 Å². The van der Waals surface area contributed by atoms with Gasteiger partial charge in [-0.15, -0.1) is 0 Å². The largest absolute Gasteiger partial charge is 0.477 e. The first-order valence-corrected chi connectivity index (χ1v) is 9.86. The first-order valence-electron chi connectivity index (χ1n) is 9.04. The highest BCUT2D eigenvalue weighted by Gasteiger charge is 2.22. The molecule has 0 unspecified atom stereocenters. The minimum atomic E-state index is -0.845. The Hall–Kier alpha value is -3.18. The molecular formula is C23H21N2O2S+. The number of carboxylic acid groups (broad SMARTS) is 1. The Morgan fingerprint density at radius 2 is 1.79 bits per heavy atom. The minimum Gasteiger partial charge on any atom is -0.477 e. The van der Waals surface area contributed by atoms with Crippen LogP contribution in [0.5, 0.6) is 0 Å². The number of hydrogen-bond donors (Lipinski definition) is 1. The number of anilines is 1. The maximum absolute atomic E-state index is 11.5. The number of thiazole rings is 1. The van der Waals surface area contributed by atoms with Crippen LogP contribution in [0.25, 0.3) is 33.1 Å². The molecule has 0 aliphatic rings. The van der Waals surface area contributed by atoms with E-state index in [1.54, 1.807) is 11.3 Å². The van der Waals surface area contributed by atoms with E-state index in [-0.39, 0.29) is 6.54 Å². The highest BCUT2D eigenvalue weighted by molar-refractivity contribution is 7.19. The van der Waals surface area contributed by atoms with Gasteiger partial charge in [-0.3, -0.25) is 0 Å². The number of carbonyl (C=O) groups is 1. The van der Waals surface area contributed by atoms with Gasteiger partial charge in [-0.1, -0.05) is 47.7 Å². The zero-order valence-corrected chi connectivity index (χ0v) is 16.6. The van der Waals surface area contributed by atoms with Gasteiger partial charge in [0.15, 0.2) is 0 Å². The molecule has 4 nitrogen and oxygen atoms in total. The van der Waals surface area contributed by atoms with Gasteiger partial charge < -0.3 is 10.0 Å². The van der Waals surface area contributed by atoms with Crippen LogP contribution in [0.2, 0.25) is 0 Å². The number of fused-ring (bicyclic) bond motifs is 3. The summed E-state index contributed by atoms with van der Waals surface area (Å²) in [6, 6.07) is 20.6. The first-order chi connectivity index (χ1) is 13.5. The number of aliphatic carboxylic acids is 1. The summed E-state index contributed by atoms with van der Waals surface area (Å²) in [6.07, 6.45) is 4.04. The lowest BCUT2D eigenvalue weighted by molar-refractivity contribution is -0.657. The van der Waals surface area contributed by atoms with E-state index in [1.165, 1.54) is 0 Å². The Labute approximate surface area is 167 Å². The summed E-state index contributed by atoms with van der Waals surface area (Å²) >= 11 is 1.63. The molecule has 0 saturated heterocycles. The van der Waals surface area contributed by atoms with Crippen LogP contribution in [0, 0.1) is 0 Å². The summed E-state index contributed by atoms with van der Waals surface area (Å²) in [5.41, 5.74) is 3.18. The van der Waals surface area contributed by atoms with Gasteiger partial charge in [0.1, 0.15) is 4.70 Å². The van der Waals surface area contributed by atoms with Crippen molar-refractivity contribution in [1.82, 2.24) is 0 Å². The van der Waals surface area contributed by atoms with Crippen molar-refractivity contribution in [2.45, 2.75) is 6.54 Å². The van der Waals surface area contributed by atoms with E-state index in [2.05, 4.69) is 47.4 Å². The quantitative estimate of drug-likeness (QED) is 0.505. The molecule has 0 aliphatic carbocycles. The third kappa shape index (κ3) is 3.49. The lowest BCUT2D eigenvalue weighted by atomic mass is 10.1. The molecule has 0 atom stereocenters. The maximum Gasteiger partial charge on any atom is 0.370 e. The van der Waals surface area contributed by atoms with Gasteiger partial charge >= 0.3 is 5.97 Å². The van der Waals surface area contributed by atoms with Crippen molar-refractivity contribution in [2.24, 2.45) is 0 Å². The van der Waals surface area contributed by atoms with Crippen LogP contribution < -0.4 is 9.47 Å². The molecule has 28 heavy (non-hydrogen) atoms. The zero-order valence-electron chi connectivity index (χ0n) is 15.8. The summed E-state index contributed by atoms with van der Waals surface area (Å²) in [5, 5.41) is 12.6. The second-order valence-electron chi connectivity index (χ2n) is 6.87. The van der Waals surface area contributed by atoms with Crippen molar-refractivity contribution in [3.8, 4) is 0 Å². The normalized spacial score (nSPS) is 11.5. The summed E-state index contributed by atoms with van der Waals surface area (Å²) in [6.45, 7) is -0.0580. The lowest BCUT2D eigenvalue weighted by Crippen LogP contribution is -2.39. The average Bonchev–Trinajstić information content (AvgIpc) is 3.04. The Balaban J connectivity index is 1.80. The van der Waals surface area contributed by atoms with Crippen molar-refractivity contribution in [2.75, 3.05) is 19.0 Å². The van der Waals surface area contributed by atoms with Gasteiger partial charge in [0.25, 0.3) is 5.01 Å². The van der Waals surface area contributed by atoms with E-state index in [1.807, 2.05) is 49.0 Å². The molecular weight excluding hydrogens is 368 g/mol. The van der Waals surface area contributed by atoms with Crippen molar-refractivity contribution in [1.29, 1.82) is 0 Å². The SMILES string of the molecule is CN(C)c1ccc(C=Cc2sc3c4ccccc4ccc3[n+]2CC(=O)O)cc1. The molecule has 4 aromatic rings. The smallest absolute Gasteiger partial charge is 0.370 e. The van der Waals surface area contributed by atoms with Crippen LogP contribution in [0.15, 0.2) is 60.7 Å². The van der Waals surface area contributed by atoms with Crippen LogP contribution in [-0.2, 0) is 11.3 Å². The molecule has 0 spiro atoms. The summed E-state index contributed by atoms with van der Waals surface area (Å²) in [4.78, 5) is 13.5.